The first-order chi connectivity index (χ1) is 1.73. The zero-order valence-corrected chi connectivity index (χ0v) is 5.08. The van der Waals surface area contributed by atoms with Crippen LogP contribution in [0.5, 0.6) is 0 Å². The predicted molar refractivity (Wildman–Crippen MR) is 12.3 cm³/mol. The molecule has 0 aliphatic heterocycles. The fraction of sp³-hybridized carbons (Fsp3) is 0. The number of carbonyl (C=O) groups is 1. The molecule has 0 aromatic rings. The van der Waals surface area contributed by atoms with E-state index in [-0.39, 0.29) is 25.3 Å². The molecule has 0 aliphatic rings. The Morgan fingerprint density at radius 2 is 1.60 bits per heavy atom. The van der Waals surface area contributed by atoms with Crippen LogP contribution >= 0.6 is 0 Å². The molecule has 0 amide bonds. The van der Waals surface area contributed by atoms with Crippen LogP contribution in [0.4, 0.5) is 4.79 Å². The predicted octanol–water partition coefficient (Wildman–Crippen LogP) is -2.72. The monoisotopic (exact) mass is 181 g/mol. The molecule has 0 heterocycles. The summed E-state index contributed by atoms with van der Waals surface area (Å²) in [5, 5.41) is 16.7. The number of carbonyl (C=O) groups excluding carboxylic acids is 1. The van der Waals surface area contributed by atoms with Gasteiger partial charge in [-0.1, -0.05) is 0 Å². The summed E-state index contributed by atoms with van der Waals surface area (Å²) in [4.78, 5) is 8.33. The Morgan fingerprint density at radius 3 is 1.60 bits per heavy atom. The maximum absolute atomic E-state index is 8.33. The van der Waals surface area contributed by atoms with Crippen LogP contribution in [-0.2, 0) is 0 Å². The van der Waals surface area contributed by atoms with Crippen LogP contribution in [0.15, 0.2) is 0 Å². The summed E-state index contributed by atoms with van der Waals surface area (Å²) in [7, 11) is 0. The third-order valence-corrected chi connectivity index (χ3v) is 0. The molecule has 0 aromatic heterocycles. The summed E-state index contributed by atoms with van der Waals surface area (Å²) in [6.07, 6.45) is -2.33. The van der Waals surface area contributed by atoms with Gasteiger partial charge in [-0.15, -0.1) is 0 Å². The van der Waals surface area contributed by atoms with Crippen molar-refractivity contribution in [3.05, 3.63) is 0 Å². The number of rotatable bonds is 0. The van der Waals surface area contributed by atoms with Gasteiger partial charge >= 0.3 is 25.3 Å². The van der Waals surface area contributed by atoms with Crippen LogP contribution in [-0.4, -0.2) is 30.1 Å². The maximum Gasteiger partial charge on any atom is 4.00 e. The summed E-state index contributed by atoms with van der Waals surface area (Å²) in [5.74, 6) is 0. The summed E-state index contributed by atoms with van der Waals surface area (Å²) in [5.41, 5.74) is 0. The molecule has 0 radical (unpaired) electrons. The first kappa shape index (κ1) is 8.91. The summed E-state index contributed by atoms with van der Waals surface area (Å²) in [6.45, 7) is 0. The minimum atomic E-state index is -2.33. The van der Waals surface area contributed by atoms with E-state index in [4.69, 9.17) is 15.0 Å². The van der Waals surface area contributed by atoms with Crippen molar-refractivity contribution in [1.29, 1.82) is 0 Å². The van der Waals surface area contributed by atoms with E-state index >= 15 is 0 Å². The molecule has 4 heteroatoms. The fourth-order valence-corrected chi connectivity index (χ4v) is 0. The van der Waals surface area contributed by atoms with E-state index in [9.17, 15) is 0 Å². The second-order valence-corrected chi connectivity index (χ2v) is 0.250. The molecule has 0 saturated carbocycles. The second-order valence-electron chi connectivity index (χ2n) is 0.250. The molecule has 0 atom stereocenters. The summed E-state index contributed by atoms with van der Waals surface area (Å²) < 4.78 is 0. The summed E-state index contributed by atoms with van der Waals surface area (Å²) >= 11 is 0. The Labute approximate surface area is 47.1 Å². The van der Waals surface area contributed by atoms with Gasteiger partial charge in [-0.3, -0.25) is 0 Å². The van der Waals surface area contributed by atoms with Crippen LogP contribution in [0.2, 0.25) is 0 Å². The normalized spacial score (nSPS) is 4.80. The van der Waals surface area contributed by atoms with Gasteiger partial charge in [0.1, 0.15) is 0 Å². The average molecular weight is 180 g/mol. The van der Waals surface area contributed by atoms with Gasteiger partial charge in [0.05, 0.1) is 0 Å². The van der Waals surface area contributed by atoms with E-state index in [0.717, 1.165) is 0 Å². The van der Waals surface area contributed by atoms with Crippen LogP contribution in [0.3, 0.4) is 0 Å². The molecule has 0 N–H and O–H groups in total. The quantitative estimate of drug-likeness (QED) is 0.380. The molecular formula is CHO3Sn+3. The third-order valence-electron chi connectivity index (χ3n) is 0. The van der Waals surface area contributed by atoms with Gasteiger partial charge < -0.3 is 15.0 Å². The number of hydrogen-bond acceptors (Lipinski definition) is 3. The van der Waals surface area contributed by atoms with E-state index in [1.54, 1.807) is 0 Å². The maximum atomic E-state index is 8.33. The third kappa shape index (κ3) is 3690. The first-order valence-electron chi connectivity index (χ1n) is 0.612. The first-order valence-corrected chi connectivity index (χ1v) is 0.612. The molecule has 5 heavy (non-hydrogen) atoms. The zero-order chi connectivity index (χ0) is 3.58. The zero-order valence-electron chi connectivity index (χ0n) is 3.22. The van der Waals surface area contributed by atoms with Crippen LogP contribution in [0.25, 0.3) is 0 Å². The minimum Gasteiger partial charge on any atom is -0.652 e. The standard InChI is InChI=1S/CH2O3.Sn/c2-1(3)4;/h(H2,2,3,4);/q;+4/p-1. The molecular weight excluding hydrogens is 179 g/mol. The Hall–Kier alpha value is 0.0687. The van der Waals surface area contributed by atoms with E-state index in [2.05, 4.69) is 0 Å². The van der Waals surface area contributed by atoms with Gasteiger partial charge in [0, 0.05) is 0 Å². The molecule has 24 valence electrons. The van der Waals surface area contributed by atoms with E-state index in [0.29, 0.717) is 0 Å². The van der Waals surface area contributed by atoms with Gasteiger partial charge in [-0.2, -0.15) is 0 Å². The van der Waals surface area contributed by atoms with Crippen molar-refractivity contribution in [3.63, 3.8) is 0 Å². The fourth-order valence-electron chi connectivity index (χ4n) is 0. The largest absolute Gasteiger partial charge is 4.00 e. The van der Waals surface area contributed by atoms with Crippen molar-refractivity contribution < 1.29 is 16.4 Å². The Kier molecular flexibility index (Phi) is 7.25. The van der Waals surface area contributed by atoms with E-state index in [1.165, 1.54) is 0 Å². The van der Waals surface area contributed by atoms with Gasteiger partial charge in [-0.05, 0) is 6.16 Å². The van der Waals surface area contributed by atoms with Crippen molar-refractivity contribution >= 4 is 30.1 Å². The van der Waals surface area contributed by atoms with Gasteiger partial charge in [0.15, 0.2) is 0 Å². The Bertz CT molecular complexity index is 33.8. The van der Waals surface area contributed by atoms with Crippen molar-refractivity contribution in [2.45, 2.75) is 0 Å². The molecule has 0 saturated heterocycles. The van der Waals surface area contributed by atoms with Crippen molar-refractivity contribution in [2.24, 2.45) is 0 Å². The van der Waals surface area contributed by atoms with Gasteiger partial charge in [0.2, 0.25) is 0 Å². The SMILES string of the molecule is O=C([O-])[O-].[H+].[Sn+4]. The van der Waals surface area contributed by atoms with Crippen molar-refractivity contribution in [1.82, 2.24) is 0 Å². The topological polar surface area (TPSA) is 63.2 Å². The molecule has 0 rings (SSSR count). The molecule has 0 unspecified atom stereocenters. The Morgan fingerprint density at radius 1 is 1.60 bits per heavy atom. The Balaban J connectivity index is -0.0000000450. The minimum absolute atomic E-state index is 0. The van der Waals surface area contributed by atoms with Crippen LogP contribution in [0, 0.1) is 0 Å². The molecule has 0 aromatic carbocycles. The molecule has 0 aliphatic carbocycles. The summed E-state index contributed by atoms with van der Waals surface area (Å²) in [6, 6.07) is 0. The number of hydrogen-bond donors (Lipinski definition) is 0. The number of carboxylic acid groups (broad SMARTS) is 2. The smallest absolute Gasteiger partial charge is 0.652 e. The molecule has 0 spiro atoms. The average Bonchev–Trinajstić information content (AvgIpc) is 0.811. The molecule has 3 nitrogen and oxygen atoms in total. The van der Waals surface area contributed by atoms with Crippen LogP contribution < -0.4 is 10.2 Å². The van der Waals surface area contributed by atoms with Crippen molar-refractivity contribution in [2.75, 3.05) is 0 Å². The van der Waals surface area contributed by atoms with Crippen LogP contribution in [0.1, 0.15) is 1.43 Å². The van der Waals surface area contributed by atoms with Crippen molar-refractivity contribution in [3.8, 4) is 0 Å². The second kappa shape index (κ2) is 4.07. The van der Waals surface area contributed by atoms with E-state index in [1.807, 2.05) is 0 Å². The molecule has 0 bridgehead atoms. The van der Waals surface area contributed by atoms with Gasteiger partial charge in [0.25, 0.3) is 0 Å². The molecule has 0 fully saturated rings. The van der Waals surface area contributed by atoms with E-state index < -0.39 is 6.16 Å². The van der Waals surface area contributed by atoms with Gasteiger partial charge in [-0.25, -0.2) is 0 Å².